The van der Waals surface area contributed by atoms with E-state index in [0.29, 0.717) is 0 Å². The van der Waals surface area contributed by atoms with Gasteiger partial charge in [0.05, 0.1) is 0 Å². The number of nitrogens with zero attached hydrogens (tertiary/aromatic N) is 1. The quantitative estimate of drug-likeness (QED) is 0.840. The van der Waals surface area contributed by atoms with E-state index < -0.39 is 0 Å². The van der Waals surface area contributed by atoms with Gasteiger partial charge < -0.3 is 5.32 Å². The maximum atomic E-state index is 4.17. The summed E-state index contributed by atoms with van der Waals surface area (Å²) in [5, 5.41) is 3.47. The first-order valence-electron chi connectivity index (χ1n) is 6.46. The average molecular weight is 218 g/mol. The number of nitrogens with one attached hydrogen (secondary N) is 1. The fourth-order valence-electron chi connectivity index (χ4n) is 2.83. The lowest BCUT2D eigenvalue weighted by atomic mass is 9.81. The predicted molar refractivity (Wildman–Crippen MR) is 67.4 cm³/mol. The van der Waals surface area contributed by atoms with Crippen LogP contribution < -0.4 is 5.32 Å². The van der Waals surface area contributed by atoms with Crippen molar-refractivity contribution in [1.82, 2.24) is 10.3 Å². The molecule has 2 heteroatoms. The van der Waals surface area contributed by atoms with Gasteiger partial charge in [0, 0.05) is 18.4 Å². The van der Waals surface area contributed by atoms with Gasteiger partial charge in [0.1, 0.15) is 0 Å². The Morgan fingerprint density at radius 3 is 3.00 bits per heavy atom. The highest BCUT2D eigenvalue weighted by molar-refractivity contribution is 5.08. The van der Waals surface area contributed by atoms with E-state index in [-0.39, 0.29) is 0 Å². The molecule has 0 aromatic carbocycles. The molecule has 1 aliphatic carbocycles. The third-order valence-corrected chi connectivity index (χ3v) is 3.81. The third kappa shape index (κ3) is 3.05. The fourth-order valence-corrected chi connectivity index (χ4v) is 2.83. The van der Waals surface area contributed by atoms with Crippen molar-refractivity contribution in [3.63, 3.8) is 0 Å². The average Bonchev–Trinajstić information content (AvgIpc) is 2.38. The Kier molecular flexibility index (Phi) is 4.34. The van der Waals surface area contributed by atoms with Gasteiger partial charge >= 0.3 is 0 Å². The van der Waals surface area contributed by atoms with E-state index in [1.54, 1.807) is 0 Å². The Morgan fingerprint density at radius 1 is 1.38 bits per heavy atom. The highest BCUT2D eigenvalue weighted by Gasteiger charge is 2.22. The molecule has 0 aliphatic heterocycles. The Hall–Kier alpha value is -0.890. The van der Waals surface area contributed by atoms with Gasteiger partial charge in [-0.25, -0.2) is 0 Å². The van der Waals surface area contributed by atoms with E-state index in [1.165, 1.54) is 44.1 Å². The third-order valence-electron chi connectivity index (χ3n) is 3.81. The summed E-state index contributed by atoms with van der Waals surface area (Å²) in [7, 11) is 2.10. The lowest BCUT2D eigenvalue weighted by molar-refractivity contribution is 0.260. The van der Waals surface area contributed by atoms with Crippen LogP contribution in [0.1, 0.15) is 37.7 Å². The highest BCUT2D eigenvalue weighted by atomic mass is 14.9. The molecule has 2 rings (SSSR count). The molecule has 1 aromatic heterocycles. The van der Waals surface area contributed by atoms with Crippen LogP contribution in [-0.2, 0) is 6.42 Å². The largest absolute Gasteiger partial charge is 0.317 e. The number of aromatic nitrogens is 1. The van der Waals surface area contributed by atoms with Crippen molar-refractivity contribution in [2.24, 2.45) is 5.92 Å². The monoisotopic (exact) mass is 218 g/mol. The van der Waals surface area contributed by atoms with Crippen LogP contribution in [0, 0.1) is 5.92 Å². The van der Waals surface area contributed by atoms with E-state index >= 15 is 0 Å². The second-order valence-corrected chi connectivity index (χ2v) is 4.84. The van der Waals surface area contributed by atoms with Crippen molar-refractivity contribution in [3.05, 3.63) is 30.1 Å². The summed E-state index contributed by atoms with van der Waals surface area (Å²) < 4.78 is 0. The van der Waals surface area contributed by atoms with Gasteiger partial charge in [-0.05, 0) is 50.3 Å². The zero-order chi connectivity index (χ0) is 11.2. The van der Waals surface area contributed by atoms with Crippen LogP contribution in [0.3, 0.4) is 0 Å². The zero-order valence-corrected chi connectivity index (χ0v) is 10.2. The van der Waals surface area contributed by atoms with E-state index in [0.717, 1.165) is 12.0 Å². The molecule has 1 heterocycles. The molecule has 0 radical (unpaired) electrons. The minimum Gasteiger partial charge on any atom is -0.317 e. The number of aryl methyl sites for hydroxylation is 1. The Balaban J connectivity index is 1.84. The molecule has 2 atom stereocenters. The molecular formula is C14H22N2. The van der Waals surface area contributed by atoms with Gasteiger partial charge in [-0.2, -0.15) is 0 Å². The smallest absolute Gasteiger partial charge is 0.0299 e. The first-order valence-corrected chi connectivity index (χ1v) is 6.46. The Labute approximate surface area is 98.5 Å². The van der Waals surface area contributed by atoms with Gasteiger partial charge in [0.15, 0.2) is 0 Å². The normalized spacial score (nSPS) is 25.6. The molecule has 0 bridgehead atoms. The summed E-state index contributed by atoms with van der Waals surface area (Å²) >= 11 is 0. The first kappa shape index (κ1) is 11.6. The van der Waals surface area contributed by atoms with E-state index in [1.807, 2.05) is 18.5 Å². The maximum Gasteiger partial charge on any atom is 0.0299 e. The number of pyridine rings is 1. The molecule has 0 amide bonds. The molecule has 1 fully saturated rings. The second-order valence-electron chi connectivity index (χ2n) is 4.84. The second kappa shape index (κ2) is 6.00. The van der Waals surface area contributed by atoms with E-state index in [2.05, 4.69) is 23.4 Å². The van der Waals surface area contributed by atoms with Gasteiger partial charge in [0.25, 0.3) is 0 Å². The van der Waals surface area contributed by atoms with Crippen molar-refractivity contribution >= 4 is 0 Å². The standard InChI is InChI=1S/C14H22N2/c1-15-14-7-3-2-6-13(14)9-8-12-5-4-10-16-11-12/h4-5,10-11,13-15H,2-3,6-9H2,1H3. The molecule has 1 aliphatic rings. The van der Waals surface area contributed by atoms with Crippen LogP contribution in [0.15, 0.2) is 24.5 Å². The lowest BCUT2D eigenvalue weighted by Gasteiger charge is -2.31. The molecule has 2 nitrogen and oxygen atoms in total. The lowest BCUT2D eigenvalue weighted by Crippen LogP contribution is -2.36. The van der Waals surface area contributed by atoms with Gasteiger partial charge in [-0.1, -0.05) is 18.9 Å². The van der Waals surface area contributed by atoms with Crippen LogP contribution in [0.2, 0.25) is 0 Å². The Bertz CT molecular complexity index is 297. The summed E-state index contributed by atoms with van der Waals surface area (Å²) in [5.41, 5.74) is 1.38. The molecule has 2 unspecified atom stereocenters. The predicted octanol–water partition coefficient (Wildman–Crippen LogP) is 2.79. The fraction of sp³-hybridized carbons (Fsp3) is 0.643. The van der Waals surface area contributed by atoms with Crippen molar-refractivity contribution in [1.29, 1.82) is 0 Å². The molecule has 1 N–H and O–H groups in total. The number of hydrogen-bond acceptors (Lipinski definition) is 2. The topological polar surface area (TPSA) is 24.9 Å². The zero-order valence-electron chi connectivity index (χ0n) is 10.2. The van der Waals surface area contributed by atoms with Crippen molar-refractivity contribution in [3.8, 4) is 0 Å². The van der Waals surface area contributed by atoms with Crippen LogP contribution in [-0.4, -0.2) is 18.1 Å². The van der Waals surface area contributed by atoms with Crippen molar-refractivity contribution < 1.29 is 0 Å². The van der Waals surface area contributed by atoms with E-state index in [9.17, 15) is 0 Å². The van der Waals surface area contributed by atoms with E-state index in [4.69, 9.17) is 0 Å². The molecule has 0 spiro atoms. The van der Waals surface area contributed by atoms with Crippen molar-refractivity contribution in [2.45, 2.75) is 44.6 Å². The minimum atomic E-state index is 0.741. The van der Waals surface area contributed by atoms with Crippen LogP contribution in [0.25, 0.3) is 0 Å². The molecule has 1 aromatic rings. The number of rotatable bonds is 4. The van der Waals surface area contributed by atoms with Crippen LogP contribution in [0.5, 0.6) is 0 Å². The van der Waals surface area contributed by atoms with Gasteiger partial charge in [-0.3, -0.25) is 4.98 Å². The van der Waals surface area contributed by atoms with Crippen molar-refractivity contribution in [2.75, 3.05) is 7.05 Å². The molecule has 16 heavy (non-hydrogen) atoms. The summed E-state index contributed by atoms with van der Waals surface area (Å²) in [6.45, 7) is 0. The molecule has 1 saturated carbocycles. The molecular weight excluding hydrogens is 196 g/mol. The minimum absolute atomic E-state index is 0.741. The maximum absolute atomic E-state index is 4.17. The Morgan fingerprint density at radius 2 is 2.25 bits per heavy atom. The van der Waals surface area contributed by atoms with Crippen LogP contribution >= 0.6 is 0 Å². The summed E-state index contributed by atoms with van der Waals surface area (Å²) in [5.74, 6) is 0.860. The van der Waals surface area contributed by atoms with Crippen LogP contribution in [0.4, 0.5) is 0 Å². The SMILES string of the molecule is CNC1CCCCC1CCc1cccnc1. The summed E-state index contributed by atoms with van der Waals surface area (Å²) in [6, 6.07) is 4.96. The van der Waals surface area contributed by atoms with Gasteiger partial charge in [-0.15, -0.1) is 0 Å². The summed E-state index contributed by atoms with van der Waals surface area (Å²) in [4.78, 5) is 4.17. The highest BCUT2D eigenvalue weighted by Crippen LogP contribution is 2.27. The summed E-state index contributed by atoms with van der Waals surface area (Å²) in [6.07, 6.45) is 11.9. The number of hydrogen-bond donors (Lipinski definition) is 1. The molecule has 0 saturated heterocycles. The first-order chi connectivity index (χ1) is 7.90. The van der Waals surface area contributed by atoms with Gasteiger partial charge in [0.2, 0.25) is 0 Å². The molecule has 88 valence electrons.